The Morgan fingerprint density at radius 3 is 2.71 bits per heavy atom. The van der Waals surface area contributed by atoms with E-state index in [2.05, 4.69) is 54.3 Å². The maximum Gasteiger partial charge on any atom is 0.193 e. The molecule has 5 nitrogen and oxygen atoms in total. The van der Waals surface area contributed by atoms with Crippen molar-refractivity contribution in [3.8, 4) is 0 Å². The fraction of sp³-hybridized carbons (Fsp3) is 0.750. The molecule has 0 saturated heterocycles. The van der Waals surface area contributed by atoms with Gasteiger partial charge in [-0.05, 0) is 12.3 Å². The first-order chi connectivity index (χ1) is 9.99. The minimum absolute atomic E-state index is 0.439. The maximum absolute atomic E-state index is 4.56. The van der Waals surface area contributed by atoms with E-state index in [1.165, 1.54) is 30.5 Å². The number of guanidine groups is 1. The lowest BCUT2D eigenvalue weighted by atomic mass is 10.1. The van der Waals surface area contributed by atoms with Gasteiger partial charge in [0.25, 0.3) is 0 Å². The van der Waals surface area contributed by atoms with E-state index in [0.29, 0.717) is 5.92 Å². The summed E-state index contributed by atoms with van der Waals surface area (Å²) in [7, 11) is 5.89. The summed E-state index contributed by atoms with van der Waals surface area (Å²) in [6, 6.07) is 0. The van der Waals surface area contributed by atoms with E-state index in [0.717, 1.165) is 19.0 Å². The van der Waals surface area contributed by atoms with Gasteiger partial charge in [0.1, 0.15) is 0 Å². The highest BCUT2D eigenvalue weighted by molar-refractivity contribution is 5.79. The van der Waals surface area contributed by atoms with Crippen LogP contribution in [0.5, 0.6) is 0 Å². The van der Waals surface area contributed by atoms with E-state index in [-0.39, 0.29) is 0 Å². The maximum atomic E-state index is 4.56. The number of hydrogen-bond acceptors (Lipinski definition) is 2. The van der Waals surface area contributed by atoms with Gasteiger partial charge >= 0.3 is 0 Å². The van der Waals surface area contributed by atoms with E-state index in [1.807, 2.05) is 18.8 Å². The van der Waals surface area contributed by atoms with Crippen LogP contribution in [0, 0.1) is 0 Å². The Balaban J connectivity index is 2.64. The first-order valence-electron chi connectivity index (χ1n) is 7.93. The molecule has 1 rings (SSSR count). The molecule has 0 amide bonds. The van der Waals surface area contributed by atoms with Crippen LogP contribution >= 0.6 is 0 Å². The molecule has 0 aromatic carbocycles. The molecule has 0 atom stereocenters. The van der Waals surface area contributed by atoms with Gasteiger partial charge in [-0.1, -0.05) is 33.6 Å². The molecule has 0 unspecified atom stereocenters. The molecular weight excluding hydrogens is 262 g/mol. The van der Waals surface area contributed by atoms with Crippen LogP contribution in [0.25, 0.3) is 0 Å². The zero-order chi connectivity index (χ0) is 15.8. The molecule has 1 N–H and O–H groups in total. The van der Waals surface area contributed by atoms with E-state index in [9.17, 15) is 0 Å². The Bertz CT molecular complexity index is 448. The van der Waals surface area contributed by atoms with Gasteiger partial charge < -0.3 is 10.2 Å². The van der Waals surface area contributed by atoms with Gasteiger partial charge in [0.2, 0.25) is 0 Å². The molecule has 1 heterocycles. The zero-order valence-corrected chi connectivity index (χ0v) is 14.5. The van der Waals surface area contributed by atoms with Gasteiger partial charge in [-0.15, -0.1) is 0 Å². The van der Waals surface area contributed by atoms with Crippen LogP contribution in [0.1, 0.15) is 57.2 Å². The van der Waals surface area contributed by atoms with Crippen LogP contribution in [-0.4, -0.2) is 41.3 Å². The molecule has 1 aromatic heterocycles. The first kappa shape index (κ1) is 17.5. The molecule has 0 radical (unpaired) electrons. The van der Waals surface area contributed by atoms with Crippen molar-refractivity contribution >= 4 is 5.96 Å². The predicted molar refractivity (Wildman–Crippen MR) is 89.7 cm³/mol. The lowest BCUT2D eigenvalue weighted by molar-refractivity contribution is 0.471. The van der Waals surface area contributed by atoms with Crippen molar-refractivity contribution in [3.63, 3.8) is 0 Å². The number of aromatic nitrogens is 2. The van der Waals surface area contributed by atoms with Crippen molar-refractivity contribution in [2.45, 2.75) is 52.5 Å². The molecule has 0 fully saturated rings. The number of aliphatic imine (C=N–C) groups is 1. The minimum Gasteiger partial charge on any atom is -0.356 e. The third-order valence-electron chi connectivity index (χ3n) is 3.53. The quantitative estimate of drug-likeness (QED) is 0.478. The monoisotopic (exact) mass is 293 g/mol. The average Bonchev–Trinajstić information content (AvgIpc) is 2.79. The Hall–Kier alpha value is -1.52. The SMILES string of the molecule is CCCCCNC(=NC)N(C)Cc1cn(C)nc1C(C)C. The number of rotatable bonds is 7. The molecule has 0 spiro atoms. The third-order valence-corrected chi connectivity index (χ3v) is 3.53. The summed E-state index contributed by atoms with van der Waals surface area (Å²) >= 11 is 0. The number of nitrogens with zero attached hydrogens (tertiary/aromatic N) is 4. The minimum atomic E-state index is 0.439. The third kappa shape index (κ3) is 5.40. The number of aryl methyl sites for hydroxylation is 1. The molecule has 120 valence electrons. The normalized spacial score (nSPS) is 12.0. The number of hydrogen-bond donors (Lipinski definition) is 1. The zero-order valence-electron chi connectivity index (χ0n) is 14.5. The lowest BCUT2D eigenvalue weighted by Gasteiger charge is -2.22. The fourth-order valence-corrected chi connectivity index (χ4v) is 2.45. The summed E-state index contributed by atoms with van der Waals surface area (Å²) in [6.45, 7) is 8.40. The molecule has 0 aliphatic carbocycles. The number of unbranched alkanes of at least 4 members (excludes halogenated alkanes) is 2. The van der Waals surface area contributed by atoms with Gasteiger partial charge in [-0.3, -0.25) is 9.67 Å². The van der Waals surface area contributed by atoms with Crippen molar-refractivity contribution in [1.29, 1.82) is 0 Å². The van der Waals surface area contributed by atoms with Crippen LogP contribution in [0.3, 0.4) is 0 Å². The molecule has 0 aliphatic rings. The lowest BCUT2D eigenvalue weighted by Crippen LogP contribution is -2.39. The molecule has 0 bridgehead atoms. The second-order valence-electron chi connectivity index (χ2n) is 5.91. The van der Waals surface area contributed by atoms with Crippen LogP contribution in [0.4, 0.5) is 0 Å². The van der Waals surface area contributed by atoms with E-state index in [4.69, 9.17) is 0 Å². The van der Waals surface area contributed by atoms with Crippen molar-refractivity contribution in [3.05, 3.63) is 17.5 Å². The van der Waals surface area contributed by atoms with Crippen LogP contribution in [0.2, 0.25) is 0 Å². The Morgan fingerprint density at radius 2 is 2.14 bits per heavy atom. The number of nitrogens with one attached hydrogen (secondary N) is 1. The van der Waals surface area contributed by atoms with Crippen LogP contribution in [-0.2, 0) is 13.6 Å². The van der Waals surface area contributed by atoms with Crippen molar-refractivity contribution in [2.75, 3.05) is 20.6 Å². The first-order valence-corrected chi connectivity index (χ1v) is 7.93. The molecule has 5 heteroatoms. The van der Waals surface area contributed by atoms with E-state index in [1.54, 1.807) is 0 Å². The Labute approximate surface area is 129 Å². The highest BCUT2D eigenvalue weighted by Crippen LogP contribution is 2.18. The topological polar surface area (TPSA) is 45.5 Å². The average molecular weight is 293 g/mol. The summed E-state index contributed by atoms with van der Waals surface area (Å²) in [5, 5.41) is 7.99. The standard InChI is InChI=1S/C16H31N5/c1-7-8-9-10-18-16(17-4)20(5)11-14-12-21(6)19-15(14)13(2)3/h12-13H,7-11H2,1-6H3,(H,17,18). The van der Waals surface area contributed by atoms with E-state index < -0.39 is 0 Å². The molecular formula is C16H31N5. The van der Waals surface area contributed by atoms with Gasteiger partial charge in [-0.25, -0.2) is 0 Å². The van der Waals surface area contributed by atoms with E-state index >= 15 is 0 Å². The summed E-state index contributed by atoms with van der Waals surface area (Å²) in [5.41, 5.74) is 2.44. The van der Waals surface area contributed by atoms with Gasteiger partial charge in [-0.2, -0.15) is 5.10 Å². The predicted octanol–water partition coefficient (Wildman–Crippen LogP) is 2.74. The molecule has 21 heavy (non-hydrogen) atoms. The van der Waals surface area contributed by atoms with Gasteiger partial charge in [0.15, 0.2) is 5.96 Å². The van der Waals surface area contributed by atoms with Crippen molar-refractivity contribution < 1.29 is 0 Å². The molecule has 0 aliphatic heterocycles. The second kappa shape index (κ2) is 8.70. The molecule has 0 saturated carbocycles. The van der Waals surface area contributed by atoms with Gasteiger partial charge in [0.05, 0.1) is 5.69 Å². The van der Waals surface area contributed by atoms with Crippen molar-refractivity contribution in [1.82, 2.24) is 20.0 Å². The smallest absolute Gasteiger partial charge is 0.193 e. The van der Waals surface area contributed by atoms with Crippen molar-refractivity contribution in [2.24, 2.45) is 12.0 Å². The summed E-state index contributed by atoms with van der Waals surface area (Å²) in [4.78, 5) is 6.53. The fourth-order valence-electron chi connectivity index (χ4n) is 2.45. The second-order valence-corrected chi connectivity index (χ2v) is 5.91. The Kier molecular flexibility index (Phi) is 7.26. The van der Waals surface area contributed by atoms with Crippen LogP contribution in [0.15, 0.2) is 11.2 Å². The Morgan fingerprint density at radius 1 is 1.43 bits per heavy atom. The molecule has 1 aromatic rings. The largest absolute Gasteiger partial charge is 0.356 e. The highest BCUT2D eigenvalue weighted by Gasteiger charge is 2.14. The summed E-state index contributed by atoms with van der Waals surface area (Å²) in [5.74, 6) is 1.39. The highest BCUT2D eigenvalue weighted by atomic mass is 15.3. The van der Waals surface area contributed by atoms with Crippen LogP contribution < -0.4 is 5.32 Å². The van der Waals surface area contributed by atoms with Gasteiger partial charge in [0, 0.05) is 46.0 Å². The summed E-state index contributed by atoms with van der Waals surface area (Å²) in [6.07, 6.45) is 5.79. The summed E-state index contributed by atoms with van der Waals surface area (Å²) < 4.78 is 1.90.